The topological polar surface area (TPSA) is 133 Å². The van der Waals surface area contributed by atoms with Gasteiger partial charge in [0.2, 0.25) is 5.91 Å². The summed E-state index contributed by atoms with van der Waals surface area (Å²) in [6.45, 7) is 6.03. The number of likely N-dealkylation sites (N-methyl/N-ethyl adjacent to an activating group) is 1. The Morgan fingerprint density at radius 2 is 1.97 bits per heavy atom. The molecule has 0 saturated carbocycles. The van der Waals surface area contributed by atoms with Crippen LogP contribution in [0.1, 0.15) is 25.3 Å². The maximum absolute atomic E-state index is 12.9. The van der Waals surface area contributed by atoms with Crippen molar-refractivity contribution in [1.82, 2.24) is 20.5 Å². The van der Waals surface area contributed by atoms with Crippen LogP contribution in [0.4, 0.5) is 0 Å². The van der Waals surface area contributed by atoms with Crippen LogP contribution in [0.3, 0.4) is 0 Å². The number of aromatic amines is 1. The fourth-order valence-electron chi connectivity index (χ4n) is 4.02. The number of benzene rings is 1. The zero-order chi connectivity index (χ0) is 24.3. The molecule has 0 aliphatic carbocycles. The summed E-state index contributed by atoms with van der Waals surface area (Å²) in [5, 5.41) is 15.9. The Kier molecular flexibility index (Phi) is 9.87. The number of esters is 1. The zero-order valence-corrected chi connectivity index (χ0v) is 19.5. The Bertz CT molecular complexity index is 956. The summed E-state index contributed by atoms with van der Waals surface area (Å²) in [5.74, 6) is -1.90. The van der Waals surface area contributed by atoms with Gasteiger partial charge in [-0.2, -0.15) is 0 Å². The van der Waals surface area contributed by atoms with Gasteiger partial charge < -0.3 is 30.2 Å². The fourth-order valence-corrected chi connectivity index (χ4v) is 4.02. The molecule has 2 aromatic rings. The summed E-state index contributed by atoms with van der Waals surface area (Å²) in [7, 11) is 0. The van der Waals surface area contributed by atoms with Crippen LogP contribution in [0.25, 0.3) is 10.9 Å². The first-order chi connectivity index (χ1) is 16.5. The van der Waals surface area contributed by atoms with Gasteiger partial charge in [0.25, 0.3) is 0 Å². The number of carbonyl (C=O) groups is 3. The molecule has 2 atom stereocenters. The molecule has 10 heteroatoms. The third kappa shape index (κ3) is 7.54. The molecule has 1 fully saturated rings. The Labute approximate surface area is 199 Å². The minimum atomic E-state index is -1.01. The van der Waals surface area contributed by atoms with E-state index in [0.717, 1.165) is 29.6 Å². The number of rotatable bonds is 13. The molecule has 4 N–H and O–H groups in total. The van der Waals surface area contributed by atoms with Crippen molar-refractivity contribution in [3.8, 4) is 0 Å². The van der Waals surface area contributed by atoms with Crippen LogP contribution >= 0.6 is 0 Å². The van der Waals surface area contributed by atoms with E-state index in [9.17, 15) is 19.5 Å². The number of para-hydroxylation sites is 1. The van der Waals surface area contributed by atoms with Crippen molar-refractivity contribution in [2.75, 3.05) is 46.0 Å². The maximum Gasteiger partial charge on any atom is 0.329 e. The minimum Gasteiger partial charge on any atom is -0.480 e. The second-order valence-corrected chi connectivity index (χ2v) is 8.29. The lowest BCUT2D eigenvalue weighted by atomic mass is 10.0. The molecule has 1 saturated heterocycles. The lowest BCUT2D eigenvalue weighted by Crippen LogP contribution is -2.45. The third-order valence-corrected chi connectivity index (χ3v) is 5.88. The molecule has 1 aromatic heterocycles. The highest BCUT2D eigenvalue weighted by Crippen LogP contribution is 2.19. The van der Waals surface area contributed by atoms with Gasteiger partial charge in [0.15, 0.2) is 0 Å². The van der Waals surface area contributed by atoms with Crippen molar-refractivity contribution in [3.05, 3.63) is 36.0 Å². The van der Waals surface area contributed by atoms with Crippen molar-refractivity contribution in [2.24, 2.45) is 0 Å². The van der Waals surface area contributed by atoms with Crippen molar-refractivity contribution in [2.45, 2.75) is 38.3 Å². The molecule has 0 spiro atoms. The van der Waals surface area contributed by atoms with Gasteiger partial charge in [-0.05, 0) is 24.6 Å². The number of nitrogens with zero attached hydrogens (tertiary/aromatic N) is 1. The van der Waals surface area contributed by atoms with Gasteiger partial charge >= 0.3 is 11.9 Å². The van der Waals surface area contributed by atoms with E-state index < -0.39 is 24.0 Å². The van der Waals surface area contributed by atoms with E-state index >= 15 is 0 Å². The highest BCUT2D eigenvalue weighted by Gasteiger charge is 2.25. The number of aliphatic carboxylic acids is 1. The Balaban J connectivity index is 1.62. The highest BCUT2D eigenvalue weighted by molar-refractivity contribution is 5.87. The van der Waals surface area contributed by atoms with E-state index in [0.29, 0.717) is 26.3 Å². The molecule has 34 heavy (non-hydrogen) atoms. The fraction of sp³-hybridized carbons (Fsp3) is 0.542. The SMILES string of the molecule is CCN[C@H](CCC(=O)N[C@H](Cc1c[nH]c2ccccc12)C(=O)OCCN1CCOCC1)C(=O)O. The number of H-pyrrole nitrogens is 1. The molecule has 3 rings (SSSR count). The van der Waals surface area contributed by atoms with Crippen LogP contribution in [0, 0.1) is 0 Å². The predicted octanol–water partition coefficient (Wildman–Crippen LogP) is 0.914. The number of nitrogens with one attached hydrogen (secondary N) is 3. The average Bonchev–Trinajstić information content (AvgIpc) is 3.24. The maximum atomic E-state index is 12.9. The number of hydrogen-bond acceptors (Lipinski definition) is 7. The second-order valence-electron chi connectivity index (χ2n) is 8.29. The summed E-state index contributed by atoms with van der Waals surface area (Å²) in [5.41, 5.74) is 1.83. The molecule has 0 unspecified atom stereocenters. The summed E-state index contributed by atoms with van der Waals surface area (Å²) >= 11 is 0. The van der Waals surface area contributed by atoms with Gasteiger partial charge in [0.05, 0.1) is 13.2 Å². The average molecular weight is 475 g/mol. The number of morpholine rings is 1. The monoisotopic (exact) mass is 474 g/mol. The zero-order valence-electron chi connectivity index (χ0n) is 19.5. The molecule has 0 radical (unpaired) electrons. The quantitative estimate of drug-likeness (QED) is 0.315. The summed E-state index contributed by atoms with van der Waals surface area (Å²) in [6.07, 6.45) is 2.20. The van der Waals surface area contributed by atoms with Gasteiger partial charge in [-0.15, -0.1) is 0 Å². The molecule has 1 aromatic carbocycles. The Morgan fingerprint density at radius 3 is 2.71 bits per heavy atom. The van der Waals surface area contributed by atoms with E-state index in [1.54, 1.807) is 6.92 Å². The van der Waals surface area contributed by atoms with Crippen LogP contribution in [0.2, 0.25) is 0 Å². The first kappa shape index (κ1) is 25.7. The number of carboxylic acid groups (broad SMARTS) is 1. The standard InChI is InChI=1S/C24H34N4O6/c1-2-25-20(23(30)31)7-8-22(29)27-21(15-17-16-26-19-6-4-3-5-18(17)19)24(32)34-14-11-28-9-12-33-13-10-28/h3-6,16,20-21,25-26H,2,7-15H2,1H3,(H,27,29)(H,30,31)/t20-,21-/m1/s1. The van der Waals surface area contributed by atoms with Gasteiger partial charge in [0.1, 0.15) is 18.7 Å². The summed E-state index contributed by atoms with van der Waals surface area (Å²) in [4.78, 5) is 42.2. The third-order valence-electron chi connectivity index (χ3n) is 5.88. The predicted molar refractivity (Wildman–Crippen MR) is 126 cm³/mol. The van der Waals surface area contributed by atoms with Crippen molar-refractivity contribution in [3.63, 3.8) is 0 Å². The normalized spacial score (nSPS) is 16.1. The highest BCUT2D eigenvalue weighted by atomic mass is 16.5. The molecule has 0 bridgehead atoms. The van der Waals surface area contributed by atoms with Crippen LogP contribution in [0.5, 0.6) is 0 Å². The van der Waals surface area contributed by atoms with Crippen LogP contribution in [0.15, 0.2) is 30.5 Å². The number of amides is 1. The van der Waals surface area contributed by atoms with E-state index in [-0.39, 0.29) is 31.8 Å². The number of carbonyl (C=O) groups excluding carboxylic acids is 2. The minimum absolute atomic E-state index is 0.0184. The Hall–Kier alpha value is -2.95. The lowest BCUT2D eigenvalue weighted by Gasteiger charge is -2.26. The van der Waals surface area contributed by atoms with Crippen LogP contribution in [-0.4, -0.2) is 90.9 Å². The first-order valence-corrected chi connectivity index (χ1v) is 11.7. The molecular weight excluding hydrogens is 440 g/mol. The summed E-state index contributed by atoms with van der Waals surface area (Å²) < 4.78 is 10.8. The van der Waals surface area contributed by atoms with Gasteiger partial charge in [0, 0.05) is 49.6 Å². The van der Waals surface area contributed by atoms with Crippen molar-refractivity contribution in [1.29, 1.82) is 0 Å². The number of ether oxygens (including phenoxy) is 2. The molecule has 186 valence electrons. The summed E-state index contributed by atoms with van der Waals surface area (Å²) in [6, 6.07) is 6.05. The van der Waals surface area contributed by atoms with E-state index in [4.69, 9.17) is 9.47 Å². The lowest BCUT2D eigenvalue weighted by molar-refractivity contribution is -0.148. The van der Waals surface area contributed by atoms with Gasteiger partial charge in [-0.3, -0.25) is 14.5 Å². The van der Waals surface area contributed by atoms with Gasteiger partial charge in [-0.1, -0.05) is 25.1 Å². The van der Waals surface area contributed by atoms with Crippen LogP contribution in [-0.2, 0) is 30.3 Å². The molecule has 2 heterocycles. The van der Waals surface area contributed by atoms with Crippen molar-refractivity contribution < 1.29 is 29.0 Å². The second kappa shape index (κ2) is 13.1. The number of carboxylic acids is 1. The molecular formula is C24H34N4O6. The number of aromatic nitrogens is 1. The van der Waals surface area contributed by atoms with Gasteiger partial charge in [-0.25, -0.2) is 4.79 Å². The largest absolute Gasteiger partial charge is 0.480 e. The number of fused-ring (bicyclic) bond motifs is 1. The molecule has 10 nitrogen and oxygen atoms in total. The first-order valence-electron chi connectivity index (χ1n) is 11.7. The number of hydrogen-bond donors (Lipinski definition) is 4. The molecule has 1 aliphatic rings. The smallest absolute Gasteiger partial charge is 0.329 e. The molecule has 1 aliphatic heterocycles. The van der Waals surface area contributed by atoms with Crippen LogP contribution < -0.4 is 10.6 Å². The van der Waals surface area contributed by atoms with E-state index in [2.05, 4.69) is 20.5 Å². The van der Waals surface area contributed by atoms with E-state index in [1.807, 2.05) is 30.5 Å². The molecule has 1 amide bonds. The van der Waals surface area contributed by atoms with E-state index in [1.165, 1.54) is 0 Å². The van der Waals surface area contributed by atoms with Crippen molar-refractivity contribution >= 4 is 28.7 Å². The Morgan fingerprint density at radius 1 is 1.21 bits per heavy atom.